The van der Waals surface area contributed by atoms with Crippen molar-refractivity contribution >= 4 is 45.3 Å². The predicted molar refractivity (Wildman–Crippen MR) is 92.5 cm³/mol. The normalized spacial score (nSPS) is 10.3. The molecule has 0 spiro atoms. The Morgan fingerprint density at radius 2 is 2.17 bits per heavy atom. The lowest BCUT2D eigenvalue weighted by Gasteiger charge is -2.05. The zero-order chi connectivity index (χ0) is 16.7. The van der Waals surface area contributed by atoms with Crippen LogP contribution in [0.1, 0.15) is 11.1 Å². The molecule has 1 N–H and O–H groups in total. The molecule has 116 valence electrons. The van der Waals surface area contributed by atoms with Crippen molar-refractivity contribution in [2.45, 2.75) is 0 Å². The van der Waals surface area contributed by atoms with Gasteiger partial charge in [0.25, 0.3) is 5.91 Å². The molecular formula is C16H11BrClN3O2. The predicted octanol–water partition coefficient (Wildman–Crippen LogP) is 3.96. The molecule has 0 aliphatic carbocycles. The van der Waals surface area contributed by atoms with Crippen molar-refractivity contribution in [2.75, 3.05) is 11.9 Å². The number of hydrogen-bond donors (Lipinski definition) is 1. The maximum Gasteiger partial charge on any atom is 0.265 e. The minimum absolute atomic E-state index is 0.238. The van der Waals surface area contributed by atoms with Crippen molar-refractivity contribution in [2.24, 2.45) is 5.16 Å². The maximum atomic E-state index is 11.7. The third-order valence-corrected chi connectivity index (χ3v) is 3.78. The first kappa shape index (κ1) is 17.0. The summed E-state index contributed by atoms with van der Waals surface area (Å²) in [6, 6.07) is 14.1. The first-order chi connectivity index (χ1) is 11.1. The molecule has 0 saturated carbocycles. The zero-order valence-electron chi connectivity index (χ0n) is 11.8. The van der Waals surface area contributed by atoms with Crippen molar-refractivity contribution < 1.29 is 9.63 Å². The first-order valence-electron chi connectivity index (χ1n) is 6.49. The van der Waals surface area contributed by atoms with E-state index in [0.717, 1.165) is 10.0 Å². The van der Waals surface area contributed by atoms with Gasteiger partial charge in [0.05, 0.1) is 16.8 Å². The largest absolute Gasteiger partial charge is 0.386 e. The zero-order valence-corrected chi connectivity index (χ0v) is 14.1. The van der Waals surface area contributed by atoms with Gasteiger partial charge in [-0.3, -0.25) is 4.79 Å². The Hall–Kier alpha value is -2.36. The number of carbonyl (C=O) groups excluding carboxylic acids is 1. The van der Waals surface area contributed by atoms with Crippen LogP contribution in [0.2, 0.25) is 5.02 Å². The molecule has 0 aliphatic rings. The van der Waals surface area contributed by atoms with Crippen molar-refractivity contribution in [3.63, 3.8) is 0 Å². The number of nitrogens with one attached hydrogen (secondary N) is 1. The summed E-state index contributed by atoms with van der Waals surface area (Å²) >= 11 is 9.27. The molecule has 0 aromatic heterocycles. The number of benzene rings is 2. The fraction of sp³-hybridized carbons (Fsp3) is 0.0625. The third kappa shape index (κ3) is 5.09. The summed E-state index contributed by atoms with van der Waals surface area (Å²) in [4.78, 5) is 16.7. The number of oxime groups is 1. The standard InChI is InChI=1S/C16H11BrClN3O2/c17-14-4-2-1-3-12(14)9-20-23-10-16(22)21-13-6-5-11(8-19)15(18)7-13/h1-7,9H,10H2,(H,21,22)/b20-9-. The highest BCUT2D eigenvalue weighted by Gasteiger charge is 2.05. The molecule has 23 heavy (non-hydrogen) atoms. The minimum atomic E-state index is -0.380. The second kappa shape index (κ2) is 8.32. The quantitative estimate of drug-likeness (QED) is 0.618. The molecule has 1 amide bonds. The van der Waals surface area contributed by atoms with Gasteiger partial charge in [-0.15, -0.1) is 0 Å². The fourth-order valence-electron chi connectivity index (χ4n) is 1.65. The van der Waals surface area contributed by atoms with Crippen LogP contribution >= 0.6 is 27.5 Å². The van der Waals surface area contributed by atoms with Gasteiger partial charge in [-0.1, -0.05) is 50.9 Å². The van der Waals surface area contributed by atoms with Crippen LogP contribution < -0.4 is 5.32 Å². The van der Waals surface area contributed by atoms with E-state index in [1.54, 1.807) is 6.07 Å². The lowest BCUT2D eigenvalue weighted by Crippen LogP contribution is -2.17. The lowest BCUT2D eigenvalue weighted by molar-refractivity contribution is -0.120. The van der Waals surface area contributed by atoms with Gasteiger partial charge in [0, 0.05) is 15.7 Å². The van der Waals surface area contributed by atoms with Crippen LogP contribution in [-0.4, -0.2) is 18.7 Å². The monoisotopic (exact) mass is 391 g/mol. The molecular weight excluding hydrogens is 382 g/mol. The third-order valence-electron chi connectivity index (χ3n) is 2.74. The van der Waals surface area contributed by atoms with E-state index in [0.29, 0.717) is 11.3 Å². The van der Waals surface area contributed by atoms with E-state index in [2.05, 4.69) is 26.4 Å². The van der Waals surface area contributed by atoms with Gasteiger partial charge >= 0.3 is 0 Å². The average molecular weight is 393 g/mol. The van der Waals surface area contributed by atoms with Crippen molar-refractivity contribution in [3.05, 3.63) is 63.1 Å². The highest BCUT2D eigenvalue weighted by molar-refractivity contribution is 9.10. The molecule has 0 unspecified atom stereocenters. The fourth-order valence-corrected chi connectivity index (χ4v) is 2.26. The number of carbonyl (C=O) groups is 1. The van der Waals surface area contributed by atoms with Crippen molar-refractivity contribution in [3.8, 4) is 6.07 Å². The molecule has 0 radical (unpaired) electrons. The van der Waals surface area contributed by atoms with E-state index < -0.39 is 0 Å². The Kier molecular flexibility index (Phi) is 6.15. The molecule has 0 atom stereocenters. The van der Waals surface area contributed by atoms with Crippen LogP contribution in [0.3, 0.4) is 0 Å². The summed E-state index contributed by atoms with van der Waals surface area (Å²) in [6.07, 6.45) is 1.51. The number of hydrogen-bond acceptors (Lipinski definition) is 4. The van der Waals surface area contributed by atoms with Crippen molar-refractivity contribution in [1.29, 1.82) is 5.26 Å². The Morgan fingerprint density at radius 1 is 1.39 bits per heavy atom. The highest BCUT2D eigenvalue weighted by Crippen LogP contribution is 2.20. The summed E-state index contributed by atoms with van der Waals surface area (Å²) in [7, 11) is 0. The Bertz CT molecular complexity index is 787. The average Bonchev–Trinajstić information content (AvgIpc) is 2.53. The summed E-state index contributed by atoms with van der Waals surface area (Å²) in [5, 5.41) is 15.4. The number of halogens is 2. The van der Waals surface area contributed by atoms with E-state index in [9.17, 15) is 4.79 Å². The Labute approximate surface area is 146 Å². The molecule has 7 heteroatoms. The lowest BCUT2D eigenvalue weighted by atomic mass is 10.2. The van der Waals surface area contributed by atoms with Crippen LogP contribution in [-0.2, 0) is 9.63 Å². The van der Waals surface area contributed by atoms with Gasteiger partial charge in [-0.05, 0) is 24.3 Å². The van der Waals surface area contributed by atoms with Crippen LogP contribution in [0.15, 0.2) is 52.1 Å². The number of amides is 1. The van der Waals surface area contributed by atoms with Crippen LogP contribution in [0.5, 0.6) is 0 Å². The second-order valence-corrected chi connectivity index (χ2v) is 5.65. The first-order valence-corrected chi connectivity index (χ1v) is 7.66. The number of nitriles is 1. The smallest absolute Gasteiger partial charge is 0.265 e. The SMILES string of the molecule is N#Cc1ccc(NC(=O)CO/N=C\c2ccccc2Br)cc1Cl. The number of anilines is 1. The number of rotatable bonds is 5. The molecule has 0 aliphatic heterocycles. The van der Waals surface area contributed by atoms with E-state index in [1.807, 2.05) is 30.3 Å². The van der Waals surface area contributed by atoms with Gasteiger partial charge in [-0.2, -0.15) is 5.26 Å². The van der Waals surface area contributed by atoms with E-state index in [-0.39, 0.29) is 17.5 Å². The van der Waals surface area contributed by atoms with Gasteiger partial charge < -0.3 is 10.2 Å². The van der Waals surface area contributed by atoms with Crippen LogP contribution in [0.4, 0.5) is 5.69 Å². The van der Waals surface area contributed by atoms with Crippen molar-refractivity contribution in [1.82, 2.24) is 0 Å². The summed E-state index contributed by atoms with van der Waals surface area (Å²) < 4.78 is 0.879. The maximum absolute atomic E-state index is 11.7. The molecule has 0 fully saturated rings. The molecule has 0 heterocycles. The van der Waals surface area contributed by atoms with Gasteiger partial charge in [0.2, 0.25) is 0 Å². The van der Waals surface area contributed by atoms with E-state index in [4.69, 9.17) is 21.7 Å². The molecule has 5 nitrogen and oxygen atoms in total. The second-order valence-electron chi connectivity index (χ2n) is 4.38. The summed E-state index contributed by atoms with van der Waals surface area (Å²) in [6.45, 7) is -0.238. The summed E-state index contributed by atoms with van der Waals surface area (Å²) in [5.41, 5.74) is 1.67. The molecule has 2 aromatic rings. The topological polar surface area (TPSA) is 74.5 Å². The molecule has 2 rings (SSSR count). The van der Waals surface area contributed by atoms with E-state index in [1.165, 1.54) is 18.3 Å². The molecule has 0 saturated heterocycles. The van der Waals surface area contributed by atoms with Gasteiger partial charge in [-0.25, -0.2) is 0 Å². The summed E-state index contributed by atoms with van der Waals surface area (Å²) in [5.74, 6) is -0.380. The number of nitrogens with zero attached hydrogens (tertiary/aromatic N) is 2. The molecule has 0 bridgehead atoms. The minimum Gasteiger partial charge on any atom is -0.386 e. The van der Waals surface area contributed by atoms with E-state index >= 15 is 0 Å². The Morgan fingerprint density at radius 3 is 2.87 bits per heavy atom. The van der Waals surface area contributed by atoms with Crippen LogP contribution in [0.25, 0.3) is 0 Å². The van der Waals surface area contributed by atoms with Gasteiger partial charge in [0.1, 0.15) is 6.07 Å². The highest BCUT2D eigenvalue weighted by atomic mass is 79.9. The Balaban J connectivity index is 1.85. The van der Waals surface area contributed by atoms with Gasteiger partial charge in [0.15, 0.2) is 6.61 Å². The molecule has 2 aromatic carbocycles. The van der Waals surface area contributed by atoms with Crippen LogP contribution in [0, 0.1) is 11.3 Å².